The van der Waals surface area contributed by atoms with Gasteiger partial charge in [0.05, 0.1) is 15.4 Å². The molecule has 19 nitrogen and oxygen atoms in total. The summed E-state index contributed by atoms with van der Waals surface area (Å²) in [5.74, 6) is 1.83. The Labute approximate surface area is 359 Å². The molecule has 6 aromatic rings. The Bertz CT molecular complexity index is 3180. The fourth-order valence-electron chi connectivity index (χ4n) is 7.54. The first-order valence-corrected chi connectivity index (χ1v) is 24.6. The van der Waals surface area contributed by atoms with Gasteiger partial charge in [-0.25, -0.2) is 29.9 Å². The largest absolute Gasteiger partial charge is 0.352 e. The summed E-state index contributed by atoms with van der Waals surface area (Å²) < 4.78 is 96.2. The molecular formula is C39H37N9O10S4. The lowest BCUT2D eigenvalue weighted by Gasteiger charge is -2.25. The number of nitrogens with one attached hydrogen (secondary N) is 3. The Kier molecular flexibility index (Phi) is 10.7. The van der Waals surface area contributed by atoms with Crippen LogP contribution in [0.3, 0.4) is 0 Å². The lowest BCUT2D eigenvalue weighted by molar-refractivity contribution is 0.0953. The summed E-state index contributed by atoms with van der Waals surface area (Å²) in [4.78, 5) is 48.5. The van der Waals surface area contributed by atoms with E-state index >= 15 is 0 Å². The smallest absolute Gasteiger partial charge is 0.294 e. The number of unbranched alkanes of at least 4 members (excludes halogenated alkanes) is 1. The van der Waals surface area contributed by atoms with Crippen molar-refractivity contribution in [2.75, 3.05) is 18.1 Å². The third-order valence-electron chi connectivity index (χ3n) is 10.5. The zero-order valence-electron chi connectivity index (χ0n) is 32.4. The minimum absolute atomic E-state index is 0.00532. The van der Waals surface area contributed by atoms with Crippen LogP contribution in [0, 0.1) is 0 Å². The quantitative estimate of drug-likeness (QED) is 0.0458. The summed E-state index contributed by atoms with van der Waals surface area (Å²) in [6.45, 7) is 2.52. The van der Waals surface area contributed by atoms with Gasteiger partial charge in [0, 0.05) is 62.0 Å². The molecule has 3 aliphatic rings. The van der Waals surface area contributed by atoms with Crippen LogP contribution in [0.25, 0.3) is 78.9 Å². The number of hydrogen-bond donors (Lipinski definition) is 10. The second-order valence-corrected chi connectivity index (χ2v) is 20.3. The van der Waals surface area contributed by atoms with Crippen molar-refractivity contribution in [3.8, 4) is 45.6 Å². The van der Waals surface area contributed by atoms with Gasteiger partial charge in [-0.3, -0.25) is 9.35 Å². The zero-order valence-corrected chi connectivity index (χ0v) is 35.7. The molecule has 9 rings (SSSR count). The topological polar surface area (TPSA) is 314 Å². The highest BCUT2D eigenvalue weighted by Crippen LogP contribution is 2.49. The molecule has 0 saturated heterocycles. The Hall–Kier alpha value is -5.31. The second kappa shape index (κ2) is 15.8. The standard InChI is InChI=1S/C39H37N9O10S4/c1-2-59-15-4-3-14-40-39(49)26-7-5-6-25-30(26)38-47-33-24-13-10-21(62(56,57)58)18-29(24)37(45-33)46-36-28-17-20(61(53,54)55)9-12-23(28)32(44-36)43-35-27-16-19(60(50,51)52)8-11-22(27)31(42-35)41-34(25)48-38/h5-10,12-13,17-18,50-55H,2-4,11,14-16H2,1H3,(H,40,49)(H,56,57,58)(H2,41,42,43,44,45,46,47,48). The van der Waals surface area contributed by atoms with Crippen LogP contribution in [0.5, 0.6) is 0 Å². The van der Waals surface area contributed by atoms with Crippen molar-refractivity contribution < 1.29 is 45.1 Å². The minimum atomic E-state index is -4.71. The van der Waals surface area contributed by atoms with Crippen molar-refractivity contribution in [1.82, 2.24) is 45.2 Å². The van der Waals surface area contributed by atoms with Crippen molar-refractivity contribution in [2.45, 2.75) is 42.4 Å². The fraction of sp³-hybridized carbons (Fsp3) is 0.205. The van der Waals surface area contributed by atoms with Crippen LogP contribution >= 0.6 is 33.5 Å². The summed E-state index contributed by atoms with van der Waals surface area (Å²) in [5.41, 5.74) is 3.24. The minimum Gasteiger partial charge on any atom is -0.352 e. The van der Waals surface area contributed by atoms with Crippen LogP contribution in [-0.2, 0) is 23.0 Å². The summed E-state index contributed by atoms with van der Waals surface area (Å²) in [6, 6.07) is 12.9. The molecule has 3 aromatic heterocycles. The van der Waals surface area contributed by atoms with Crippen molar-refractivity contribution in [1.29, 1.82) is 0 Å². The van der Waals surface area contributed by atoms with Gasteiger partial charge >= 0.3 is 0 Å². The Balaban J connectivity index is 1.36. The van der Waals surface area contributed by atoms with E-state index in [4.69, 9.17) is 24.9 Å². The molecule has 0 fully saturated rings. The number of allylic oxidation sites excluding steroid dienone is 2. The number of benzene rings is 3. The predicted octanol–water partition coefficient (Wildman–Crippen LogP) is 8.01. The second-order valence-electron chi connectivity index (χ2n) is 14.4. The SMILES string of the molecule is CCSCCCCNC(=O)c1cccc2c1-c1nc-2nc2[nH]c(nc3nc(nc4[nH]c(n1)c1ccc(S(=O)(=O)O)cc41)-c1cc(S(O)(O)O)ccc1-3)c1c2CC=C(S(O)(O)O)C1. The molecule has 0 unspecified atom stereocenters. The van der Waals surface area contributed by atoms with Gasteiger partial charge in [0.1, 0.15) is 44.3 Å². The molecule has 1 amide bonds. The number of carbonyl (C=O) groups excluding carboxylic acids is 1. The first kappa shape index (κ1) is 42.0. The molecule has 2 aliphatic heterocycles. The summed E-state index contributed by atoms with van der Waals surface area (Å²) in [5, 5.41) is 3.52. The predicted molar refractivity (Wildman–Crippen MR) is 238 cm³/mol. The molecule has 0 saturated carbocycles. The number of fused-ring (bicyclic) bond motifs is 20. The first-order valence-electron chi connectivity index (χ1n) is 19.0. The molecule has 8 bridgehead atoms. The monoisotopic (exact) mass is 919 g/mol. The first-order chi connectivity index (χ1) is 29.5. The van der Waals surface area contributed by atoms with Gasteiger partial charge < -0.3 is 42.6 Å². The van der Waals surface area contributed by atoms with Gasteiger partial charge in [-0.2, -0.15) is 20.2 Å². The number of nitrogens with zero attached hydrogens (tertiary/aromatic N) is 6. The molecule has 0 spiro atoms. The molecular weight excluding hydrogens is 883 g/mol. The lowest BCUT2D eigenvalue weighted by atomic mass is 10.0. The van der Waals surface area contributed by atoms with Crippen LogP contribution < -0.4 is 5.32 Å². The van der Waals surface area contributed by atoms with Crippen molar-refractivity contribution >= 4 is 82.9 Å². The third-order valence-corrected chi connectivity index (χ3v) is 14.2. The molecule has 0 radical (unpaired) electrons. The number of aromatic amines is 2. The molecule has 5 heterocycles. The van der Waals surface area contributed by atoms with Crippen molar-refractivity contribution in [3.05, 3.63) is 82.3 Å². The maximum Gasteiger partial charge on any atom is 0.294 e. The van der Waals surface area contributed by atoms with Gasteiger partial charge in [-0.1, -0.05) is 25.1 Å². The number of amides is 1. The average Bonchev–Trinajstić information content (AvgIpc) is 3.96. The Morgan fingerprint density at radius 2 is 1.35 bits per heavy atom. The molecule has 3 aromatic carbocycles. The van der Waals surface area contributed by atoms with E-state index in [2.05, 4.69) is 27.2 Å². The summed E-state index contributed by atoms with van der Waals surface area (Å²) in [6.07, 6.45) is 3.14. The van der Waals surface area contributed by atoms with Crippen molar-refractivity contribution in [2.24, 2.45) is 0 Å². The van der Waals surface area contributed by atoms with Crippen LogP contribution in [-0.4, -0.2) is 104 Å². The van der Waals surface area contributed by atoms with Gasteiger partial charge in [0.2, 0.25) is 0 Å². The fourth-order valence-corrected chi connectivity index (χ4v) is 9.92. The lowest BCUT2D eigenvalue weighted by Crippen LogP contribution is -2.25. The molecule has 62 heavy (non-hydrogen) atoms. The highest BCUT2D eigenvalue weighted by molar-refractivity contribution is 8.22. The van der Waals surface area contributed by atoms with Gasteiger partial charge in [0.25, 0.3) is 16.0 Å². The number of carbonyl (C=O) groups is 1. The van der Waals surface area contributed by atoms with Gasteiger partial charge in [0.15, 0.2) is 23.3 Å². The summed E-state index contributed by atoms with van der Waals surface area (Å²) >= 11 is 1.82. The normalized spacial score (nSPS) is 14.2. The van der Waals surface area contributed by atoms with E-state index in [-0.39, 0.29) is 90.9 Å². The number of H-pyrrole nitrogens is 2. The highest BCUT2D eigenvalue weighted by Gasteiger charge is 2.31. The molecule has 10 N–H and O–H groups in total. The molecule has 1 aliphatic carbocycles. The molecule has 0 atom stereocenters. The van der Waals surface area contributed by atoms with E-state index in [0.717, 1.165) is 24.3 Å². The van der Waals surface area contributed by atoms with E-state index < -0.39 is 36.8 Å². The maximum absolute atomic E-state index is 13.9. The number of rotatable bonds is 10. The maximum atomic E-state index is 13.9. The Morgan fingerprint density at radius 3 is 2.10 bits per heavy atom. The van der Waals surface area contributed by atoms with E-state index in [1.165, 1.54) is 42.5 Å². The van der Waals surface area contributed by atoms with E-state index in [1.807, 2.05) is 11.8 Å². The summed E-state index contributed by atoms with van der Waals surface area (Å²) in [7, 11) is -13.0. The zero-order chi connectivity index (χ0) is 43.7. The average molecular weight is 920 g/mol. The number of hydrogen-bond acceptors (Lipinski definition) is 16. The third kappa shape index (κ3) is 7.85. The number of aromatic nitrogens is 8. The van der Waals surface area contributed by atoms with Crippen LogP contribution in [0.15, 0.2) is 75.4 Å². The molecule has 23 heteroatoms. The molecule has 322 valence electrons. The van der Waals surface area contributed by atoms with Crippen molar-refractivity contribution in [3.63, 3.8) is 0 Å². The van der Waals surface area contributed by atoms with Gasteiger partial charge in [-0.05, 0) is 73.2 Å². The number of thioether (sulfide) groups is 1. The Morgan fingerprint density at radius 1 is 0.694 bits per heavy atom. The van der Waals surface area contributed by atoms with Crippen LogP contribution in [0.2, 0.25) is 0 Å². The highest BCUT2D eigenvalue weighted by atomic mass is 32.3. The van der Waals surface area contributed by atoms with E-state index in [0.29, 0.717) is 39.7 Å². The van der Waals surface area contributed by atoms with Crippen LogP contribution in [0.1, 0.15) is 41.3 Å². The van der Waals surface area contributed by atoms with Gasteiger partial charge in [-0.15, -0.1) is 0 Å². The van der Waals surface area contributed by atoms with Crippen LogP contribution in [0.4, 0.5) is 0 Å². The van der Waals surface area contributed by atoms with E-state index in [9.17, 15) is 45.1 Å². The van der Waals surface area contributed by atoms with E-state index in [1.54, 1.807) is 18.2 Å².